The molecule has 1 atom stereocenters. The zero-order chi connectivity index (χ0) is 11.0. The minimum atomic E-state index is -0.826. The van der Waals surface area contributed by atoms with Gasteiger partial charge in [-0.2, -0.15) is 5.10 Å². The van der Waals surface area contributed by atoms with Gasteiger partial charge in [-0.25, -0.2) is 0 Å². The summed E-state index contributed by atoms with van der Waals surface area (Å²) in [5.74, 6) is -1.35. The van der Waals surface area contributed by atoms with Crippen molar-refractivity contribution in [2.24, 2.45) is 7.05 Å². The molecule has 78 valence electrons. The first kappa shape index (κ1) is 9.71. The van der Waals surface area contributed by atoms with E-state index in [4.69, 9.17) is 5.11 Å². The van der Waals surface area contributed by atoms with Gasteiger partial charge in [-0.05, 0) is 12.5 Å². The molecule has 0 saturated heterocycles. The van der Waals surface area contributed by atoms with Crippen molar-refractivity contribution in [1.82, 2.24) is 9.78 Å². The van der Waals surface area contributed by atoms with Gasteiger partial charge in [0.2, 0.25) is 0 Å². The summed E-state index contributed by atoms with van der Waals surface area (Å²) < 4.78 is 1.70. The first-order valence-corrected chi connectivity index (χ1v) is 4.74. The smallest absolute Gasteiger partial charge is 0.310 e. The van der Waals surface area contributed by atoms with Crippen LogP contribution in [0.15, 0.2) is 24.4 Å². The maximum atomic E-state index is 10.9. The van der Waals surface area contributed by atoms with Crippen molar-refractivity contribution in [2.75, 3.05) is 0 Å². The Morgan fingerprint density at radius 1 is 1.53 bits per heavy atom. The lowest BCUT2D eigenvalue weighted by Gasteiger charge is -2.06. The van der Waals surface area contributed by atoms with Crippen molar-refractivity contribution >= 4 is 16.9 Å². The fraction of sp³-hybridized carbons (Fsp3) is 0.273. The van der Waals surface area contributed by atoms with Gasteiger partial charge in [0.05, 0.1) is 11.4 Å². The minimum Gasteiger partial charge on any atom is -0.481 e. The van der Waals surface area contributed by atoms with Crippen LogP contribution in [0.3, 0.4) is 0 Å². The molecule has 0 aliphatic carbocycles. The first-order chi connectivity index (χ1) is 7.09. The lowest BCUT2D eigenvalue weighted by molar-refractivity contribution is -0.138. The number of aryl methyl sites for hydroxylation is 1. The molecule has 0 aliphatic rings. The molecule has 2 rings (SSSR count). The highest BCUT2D eigenvalue weighted by molar-refractivity contribution is 5.87. The topological polar surface area (TPSA) is 55.1 Å². The average Bonchev–Trinajstić information content (AvgIpc) is 2.56. The summed E-state index contributed by atoms with van der Waals surface area (Å²) in [7, 11) is 1.83. The van der Waals surface area contributed by atoms with Gasteiger partial charge in [0.25, 0.3) is 0 Å². The van der Waals surface area contributed by atoms with Gasteiger partial charge < -0.3 is 5.11 Å². The Balaban J connectivity index is 2.64. The normalized spacial score (nSPS) is 12.9. The molecule has 1 aromatic heterocycles. The Hall–Kier alpha value is -1.84. The van der Waals surface area contributed by atoms with Gasteiger partial charge >= 0.3 is 5.97 Å². The Morgan fingerprint density at radius 3 is 2.93 bits per heavy atom. The van der Waals surface area contributed by atoms with Crippen molar-refractivity contribution in [3.63, 3.8) is 0 Å². The molecule has 0 amide bonds. The van der Waals surface area contributed by atoms with E-state index in [2.05, 4.69) is 5.10 Å². The molecular formula is C11H12N2O2. The van der Waals surface area contributed by atoms with Gasteiger partial charge in [0.1, 0.15) is 0 Å². The second-order valence-corrected chi connectivity index (χ2v) is 3.65. The van der Waals surface area contributed by atoms with E-state index in [1.807, 2.05) is 31.4 Å². The Labute approximate surface area is 87.1 Å². The van der Waals surface area contributed by atoms with Crippen LogP contribution < -0.4 is 0 Å². The van der Waals surface area contributed by atoms with E-state index < -0.39 is 11.9 Å². The van der Waals surface area contributed by atoms with Crippen LogP contribution in [0, 0.1) is 0 Å². The van der Waals surface area contributed by atoms with Gasteiger partial charge in [0.15, 0.2) is 0 Å². The highest BCUT2D eigenvalue weighted by Crippen LogP contribution is 2.24. The summed E-state index contributed by atoms with van der Waals surface area (Å²) in [4.78, 5) is 10.9. The van der Waals surface area contributed by atoms with Crippen LogP contribution in [0.2, 0.25) is 0 Å². The van der Waals surface area contributed by atoms with Crippen molar-refractivity contribution < 1.29 is 9.90 Å². The molecule has 0 bridgehead atoms. The van der Waals surface area contributed by atoms with E-state index >= 15 is 0 Å². The van der Waals surface area contributed by atoms with Crippen LogP contribution in [-0.4, -0.2) is 20.9 Å². The number of carboxylic acid groups (broad SMARTS) is 1. The van der Waals surface area contributed by atoms with Crippen LogP contribution in [0.5, 0.6) is 0 Å². The van der Waals surface area contributed by atoms with Crippen LogP contribution in [0.25, 0.3) is 10.9 Å². The Morgan fingerprint density at radius 2 is 2.27 bits per heavy atom. The minimum absolute atomic E-state index is 0.524. The number of hydrogen-bond donors (Lipinski definition) is 1. The van der Waals surface area contributed by atoms with Crippen LogP contribution >= 0.6 is 0 Å². The predicted octanol–water partition coefficient (Wildman–Crippen LogP) is 1.76. The molecule has 1 unspecified atom stereocenters. The largest absolute Gasteiger partial charge is 0.481 e. The SMILES string of the molecule is CC(C(=O)O)c1cccc2cn(C)nc12. The molecule has 15 heavy (non-hydrogen) atoms. The van der Waals surface area contributed by atoms with E-state index in [9.17, 15) is 4.79 Å². The maximum Gasteiger partial charge on any atom is 0.310 e. The van der Waals surface area contributed by atoms with Crippen LogP contribution in [0.1, 0.15) is 18.4 Å². The number of nitrogens with zero attached hydrogens (tertiary/aromatic N) is 2. The standard InChI is InChI=1S/C11H12N2O2/c1-7(11(14)15)9-5-3-4-8-6-13(2)12-10(8)9/h3-7H,1-2H3,(H,14,15). The summed E-state index contributed by atoms with van der Waals surface area (Å²) in [6.45, 7) is 1.67. The van der Waals surface area contributed by atoms with Crippen LogP contribution in [0.4, 0.5) is 0 Å². The quantitative estimate of drug-likeness (QED) is 0.810. The molecule has 0 radical (unpaired) electrons. The Bertz CT molecular complexity index is 516. The number of hydrogen-bond acceptors (Lipinski definition) is 2. The van der Waals surface area contributed by atoms with Gasteiger partial charge in [-0.15, -0.1) is 0 Å². The molecule has 4 heteroatoms. The number of rotatable bonds is 2. The zero-order valence-corrected chi connectivity index (χ0v) is 8.64. The maximum absolute atomic E-state index is 10.9. The molecule has 2 aromatic rings. The molecule has 0 fully saturated rings. The number of aromatic nitrogens is 2. The summed E-state index contributed by atoms with van der Waals surface area (Å²) in [6, 6.07) is 5.60. The van der Waals surface area contributed by atoms with Crippen molar-refractivity contribution in [3.8, 4) is 0 Å². The third-order valence-corrected chi connectivity index (χ3v) is 2.52. The lowest BCUT2D eigenvalue weighted by Crippen LogP contribution is -2.07. The van der Waals surface area contributed by atoms with Crippen molar-refractivity contribution in [3.05, 3.63) is 30.0 Å². The molecule has 1 N–H and O–H groups in total. The molecule has 1 aromatic carbocycles. The monoisotopic (exact) mass is 204 g/mol. The average molecular weight is 204 g/mol. The highest BCUT2D eigenvalue weighted by atomic mass is 16.4. The van der Waals surface area contributed by atoms with Crippen molar-refractivity contribution in [2.45, 2.75) is 12.8 Å². The molecule has 0 saturated carbocycles. The number of carboxylic acids is 1. The third-order valence-electron chi connectivity index (χ3n) is 2.52. The molecule has 4 nitrogen and oxygen atoms in total. The van der Waals surface area contributed by atoms with Gasteiger partial charge in [0, 0.05) is 18.6 Å². The molecular weight excluding hydrogens is 192 g/mol. The lowest BCUT2D eigenvalue weighted by atomic mass is 9.99. The van der Waals surface area contributed by atoms with Gasteiger partial charge in [-0.3, -0.25) is 9.48 Å². The van der Waals surface area contributed by atoms with E-state index in [0.717, 1.165) is 16.5 Å². The van der Waals surface area contributed by atoms with Crippen LogP contribution in [-0.2, 0) is 11.8 Å². The number of fused-ring (bicyclic) bond motifs is 1. The fourth-order valence-corrected chi connectivity index (χ4v) is 1.67. The zero-order valence-electron chi connectivity index (χ0n) is 8.64. The Kier molecular flexibility index (Phi) is 2.19. The van der Waals surface area contributed by atoms with Gasteiger partial charge in [-0.1, -0.05) is 18.2 Å². The second-order valence-electron chi connectivity index (χ2n) is 3.65. The fourth-order valence-electron chi connectivity index (χ4n) is 1.67. The summed E-state index contributed by atoms with van der Waals surface area (Å²) in [5, 5.41) is 14.2. The molecule has 1 heterocycles. The predicted molar refractivity (Wildman–Crippen MR) is 56.8 cm³/mol. The number of aliphatic carboxylic acids is 1. The second kappa shape index (κ2) is 3.38. The van der Waals surface area contributed by atoms with E-state index in [1.165, 1.54) is 0 Å². The highest BCUT2D eigenvalue weighted by Gasteiger charge is 2.17. The first-order valence-electron chi connectivity index (χ1n) is 4.74. The molecule has 0 aliphatic heterocycles. The molecule has 0 spiro atoms. The van der Waals surface area contributed by atoms with E-state index in [0.29, 0.717) is 0 Å². The number of benzene rings is 1. The number of carbonyl (C=O) groups is 1. The van der Waals surface area contributed by atoms with E-state index in [-0.39, 0.29) is 0 Å². The summed E-state index contributed by atoms with van der Waals surface area (Å²) in [6.07, 6.45) is 1.88. The van der Waals surface area contributed by atoms with E-state index in [1.54, 1.807) is 11.6 Å². The third kappa shape index (κ3) is 1.58. The van der Waals surface area contributed by atoms with Crippen molar-refractivity contribution in [1.29, 1.82) is 0 Å². The summed E-state index contributed by atoms with van der Waals surface area (Å²) >= 11 is 0. The summed E-state index contributed by atoms with van der Waals surface area (Å²) in [5.41, 5.74) is 1.54.